The van der Waals surface area contributed by atoms with Crippen molar-refractivity contribution in [3.05, 3.63) is 70.4 Å². The Balaban J connectivity index is 1.89. The minimum atomic E-state index is -0.456. The van der Waals surface area contributed by atoms with E-state index < -0.39 is 4.92 Å². The van der Waals surface area contributed by atoms with Crippen molar-refractivity contribution in [2.24, 2.45) is 0 Å². The summed E-state index contributed by atoms with van der Waals surface area (Å²) in [7, 11) is 0. The van der Waals surface area contributed by atoms with Gasteiger partial charge in [-0.25, -0.2) is 4.52 Å². The first-order chi connectivity index (χ1) is 11.6. The van der Waals surface area contributed by atoms with E-state index in [0.717, 1.165) is 16.6 Å². The lowest BCUT2D eigenvalue weighted by atomic mass is 10.2. The Kier molecular flexibility index (Phi) is 3.13. The molecule has 0 bridgehead atoms. The average molecular weight is 320 g/mol. The van der Waals surface area contributed by atoms with E-state index in [-0.39, 0.29) is 5.69 Å². The van der Waals surface area contributed by atoms with Crippen molar-refractivity contribution < 1.29 is 9.66 Å². The first-order valence-electron chi connectivity index (χ1n) is 7.29. The molecule has 0 saturated carbocycles. The maximum absolute atomic E-state index is 10.9. The van der Waals surface area contributed by atoms with Crippen molar-refractivity contribution in [1.82, 2.24) is 14.6 Å². The number of hydrogen-bond acceptors (Lipinski definition) is 5. The summed E-state index contributed by atoms with van der Waals surface area (Å²) in [5.74, 6) is 0.751. The Hall–Kier alpha value is -3.48. The predicted octanol–water partition coefficient (Wildman–Crippen LogP) is 3.89. The molecule has 2 heterocycles. The summed E-state index contributed by atoms with van der Waals surface area (Å²) in [5, 5.41) is 16.1. The van der Waals surface area contributed by atoms with Crippen LogP contribution in [0.2, 0.25) is 0 Å². The van der Waals surface area contributed by atoms with E-state index in [1.54, 1.807) is 16.6 Å². The molecule has 0 atom stereocenters. The van der Waals surface area contributed by atoms with E-state index in [1.165, 1.54) is 12.1 Å². The molecule has 0 aliphatic carbocycles. The van der Waals surface area contributed by atoms with Crippen LogP contribution in [-0.2, 0) is 0 Å². The lowest BCUT2D eigenvalue weighted by molar-refractivity contribution is -0.384. The largest absolute Gasteiger partial charge is 0.438 e. The number of ether oxygens (including phenoxy) is 1. The molecule has 0 radical (unpaired) electrons. The topological polar surface area (TPSA) is 82.6 Å². The molecule has 2 aromatic heterocycles. The molecule has 0 amide bonds. The molecule has 0 saturated heterocycles. The second-order valence-electron chi connectivity index (χ2n) is 5.35. The number of rotatable bonds is 3. The first-order valence-corrected chi connectivity index (χ1v) is 7.29. The highest BCUT2D eigenvalue weighted by Crippen LogP contribution is 2.30. The summed E-state index contributed by atoms with van der Waals surface area (Å²) in [6.45, 7) is 1.89. The summed E-state index contributed by atoms with van der Waals surface area (Å²) in [4.78, 5) is 15.0. The van der Waals surface area contributed by atoms with Gasteiger partial charge in [-0.1, -0.05) is 18.2 Å². The molecule has 4 aromatic rings. The minimum Gasteiger partial charge on any atom is -0.438 e. The van der Waals surface area contributed by atoms with Crippen molar-refractivity contribution in [2.75, 3.05) is 0 Å². The van der Waals surface area contributed by atoms with Gasteiger partial charge in [-0.15, -0.1) is 0 Å². The van der Waals surface area contributed by atoms with Crippen LogP contribution in [0, 0.1) is 17.0 Å². The molecular weight excluding hydrogens is 308 g/mol. The summed E-state index contributed by atoms with van der Waals surface area (Å²) < 4.78 is 7.60. The molecule has 0 aliphatic rings. The van der Waals surface area contributed by atoms with Gasteiger partial charge in [0.05, 0.1) is 27.6 Å². The van der Waals surface area contributed by atoms with Gasteiger partial charge in [0.2, 0.25) is 5.88 Å². The normalized spacial score (nSPS) is 11.0. The van der Waals surface area contributed by atoms with E-state index in [2.05, 4.69) is 10.1 Å². The van der Waals surface area contributed by atoms with Crippen LogP contribution in [0.1, 0.15) is 5.69 Å². The van der Waals surface area contributed by atoms with Gasteiger partial charge in [-0.05, 0) is 25.1 Å². The van der Waals surface area contributed by atoms with Gasteiger partial charge in [0.1, 0.15) is 5.75 Å². The van der Waals surface area contributed by atoms with Gasteiger partial charge in [0.25, 0.3) is 5.69 Å². The lowest BCUT2D eigenvalue weighted by Crippen LogP contribution is -1.97. The third-order valence-corrected chi connectivity index (χ3v) is 3.63. The van der Waals surface area contributed by atoms with Crippen molar-refractivity contribution in [2.45, 2.75) is 6.92 Å². The second kappa shape index (κ2) is 5.31. The Morgan fingerprint density at radius 1 is 1.12 bits per heavy atom. The number of hydrogen-bond donors (Lipinski definition) is 0. The molecule has 0 spiro atoms. The Bertz CT molecular complexity index is 1090. The smallest absolute Gasteiger partial charge is 0.273 e. The molecule has 0 unspecified atom stereocenters. The summed E-state index contributed by atoms with van der Waals surface area (Å²) in [5.41, 5.74) is 2.33. The van der Waals surface area contributed by atoms with Crippen molar-refractivity contribution >= 4 is 22.2 Å². The van der Waals surface area contributed by atoms with Gasteiger partial charge in [-0.3, -0.25) is 10.1 Å². The van der Waals surface area contributed by atoms with Crippen LogP contribution in [0.3, 0.4) is 0 Å². The van der Waals surface area contributed by atoms with Crippen LogP contribution in [0.25, 0.3) is 16.6 Å². The Morgan fingerprint density at radius 2 is 1.96 bits per heavy atom. The molecule has 2 aromatic carbocycles. The van der Waals surface area contributed by atoms with E-state index in [4.69, 9.17) is 4.74 Å². The highest BCUT2D eigenvalue weighted by atomic mass is 16.6. The fourth-order valence-electron chi connectivity index (χ4n) is 2.60. The van der Waals surface area contributed by atoms with Crippen LogP contribution in [0.5, 0.6) is 11.6 Å². The number of aryl methyl sites for hydroxylation is 1. The number of para-hydroxylation sites is 1. The zero-order valence-electron chi connectivity index (χ0n) is 12.7. The Morgan fingerprint density at radius 3 is 2.79 bits per heavy atom. The molecular formula is C17H12N4O3. The van der Waals surface area contributed by atoms with E-state index >= 15 is 0 Å². The van der Waals surface area contributed by atoms with E-state index in [0.29, 0.717) is 17.3 Å². The fourth-order valence-corrected chi connectivity index (χ4v) is 2.60. The average Bonchev–Trinajstić information content (AvgIpc) is 2.96. The van der Waals surface area contributed by atoms with Crippen LogP contribution in [-0.4, -0.2) is 19.5 Å². The van der Waals surface area contributed by atoms with Gasteiger partial charge >= 0.3 is 0 Å². The fraction of sp³-hybridized carbons (Fsp3) is 0.0588. The molecule has 24 heavy (non-hydrogen) atoms. The number of nitrogens with zero attached hydrogens (tertiary/aromatic N) is 4. The van der Waals surface area contributed by atoms with Gasteiger partial charge in [-0.2, -0.15) is 10.1 Å². The number of aromatic nitrogens is 3. The number of fused-ring (bicyclic) bond motifs is 3. The minimum absolute atomic E-state index is 0.0296. The maximum atomic E-state index is 10.9. The van der Waals surface area contributed by atoms with Gasteiger partial charge < -0.3 is 4.74 Å². The molecule has 118 valence electrons. The third-order valence-electron chi connectivity index (χ3n) is 3.63. The zero-order chi connectivity index (χ0) is 16.7. The molecule has 7 nitrogen and oxygen atoms in total. The molecule has 0 aliphatic heterocycles. The molecule has 0 fully saturated rings. The first kappa shape index (κ1) is 14.1. The standard InChI is InChI=1S/C17H12N4O3/c1-11-9-16-18-17(14-7-2-3-8-15(14)20(16)19-11)24-13-6-4-5-12(10-13)21(22)23/h2-10H,1H3. The number of nitro groups is 1. The quantitative estimate of drug-likeness (QED) is 0.422. The maximum Gasteiger partial charge on any atom is 0.273 e. The second-order valence-corrected chi connectivity index (χ2v) is 5.35. The van der Waals surface area contributed by atoms with Crippen LogP contribution >= 0.6 is 0 Å². The van der Waals surface area contributed by atoms with E-state index in [1.807, 2.05) is 37.3 Å². The van der Waals surface area contributed by atoms with E-state index in [9.17, 15) is 10.1 Å². The highest BCUT2D eigenvalue weighted by molar-refractivity contribution is 5.86. The SMILES string of the molecule is Cc1cc2nc(Oc3cccc([N+](=O)[O-])c3)c3ccccc3n2n1. The van der Waals surface area contributed by atoms with Crippen LogP contribution in [0.4, 0.5) is 5.69 Å². The summed E-state index contributed by atoms with van der Waals surface area (Å²) in [6.07, 6.45) is 0. The van der Waals surface area contributed by atoms with Gasteiger partial charge in [0.15, 0.2) is 5.65 Å². The molecule has 7 heteroatoms. The zero-order valence-corrected chi connectivity index (χ0v) is 12.7. The van der Waals surface area contributed by atoms with Crippen molar-refractivity contribution in [1.29, 1.82) is 0 Å². The molecule has 0 N–H and O–H groups in total. The monoisotopic (exact) mass is 320 g/mol. The van der Waals surface area contributed by atoms with Crippen molar-refractivity contribution in [3.63, 3.8) is 0 Å². The molecule has 4 rings (SSSR count). The predicted molar refractivity (Wildman–Crippen MR) is 88.4 cm³/mol. The number of non-ortho nitro benzene ring substituents is 1. The number of benzene rings is 2. The van der Waals surface area contributed by atoms with Crippen LogP contribution < -0.4 is 4.74 Å². The van der Waals surface area contributed by atoms with Crippen molar-refractivity contribution in [3.8, 4) is 11.6 Å². The summed E-state index contributed by atoms with van der Waals surface area (Å²) in [6, 6.07) is 15.5. The van der Waals surface area contributed by atoms with Gasteiger partial charge in [0, 0.05) is 12.1 Å². The number of nitro benzene ring substituents is 1. The third kappa shape index (κ3) is 2.32. The highest BCUT2D eigenvalue weighted by Gasteiger charge is 2.13. The lowest BCUT2D eigenvalue weighted by Gasteiger charge is -2.09. The summed E-state index contributed by atoms with van der Waals surface area (Å²) >= 11 is 0. The van der Waals surface area contributed by atoms with Crippen LogP contribution in [0.15, 0.2) is 54.6 Å². The Labute approximate surface area is 136 Å².